The SMILES string of the molecule is O=C(O)C1CC1c1nc(-c2ncc[nH]2)no1. The molecule has 82 valence electrons. The lowest BCUT2D eigenvalue weighted by Gasteiger charge is -1.86. The van der Waals surface area contributed by atoms with Crippen LogP contribution >= 0.6 is 0 Å². The van der Waals surface area contributed by atoms with Gasteiger partial charge in [0, 0.05) is 12.4 Å². The fraction of sp³-hybridized carbons (Fsp3) is 0.333. The Bertz CT molecular complexity index is 519. The fourth-order valence-electron chi connectivity index (χ4n) is 1.61. The first kappa shape index (κ1) is 9.08. The standard InChI is InChI=1S/C9H8N4O3/c14-9(15)5-3-4(5)8-12-7(13-16-8)6-10-1-2-11-6/h1-2,4-5H,3H2,(H,10,11)(H,14,15). The first-order valence-corrected chi connectivity index (χ1v) is 4.82. The van der Waals surface area contributed by atoms with Gasteiger partial charge in [-0.15, -0.1) is 0 Å². The number of aliphatic carboxylic acids is 1. The zero-order valence-electron chi connectivity index (χ0n) is 8.12. The van der Waals surface area contributed by atoms with Crippen molar-refractivity contribution < 1.29 is 14.4 Å². The molecule has 0 amide bonds. The normalized spacial score (nSPS) is 23.2. The Morgan fingerprint density at radius 3 is 3.12 bits per heavy atom. The second-order valence-electron chi connectivity index (χ2n) is 3.68. The molecule has 0 radical (unpaired) electrons. The fourth-order valence-corrected chi connectivity index (χ4v) is 1.61. The monoisotopic (exact) mass is 220 g/mol. The highest BCUT2D eigenvalue weighted by atomic mass is 16.5. The summed E-state index contributed by atoms with van der Waals surface area (Å²) in [6, 6.07) is 0. The molecule has 2 atom stereocenters. The molecule has 2 aromatic heterocycles. The Morgan fingerprint density at radius 1 is 1.62 bits per heavy atom. The van der Waals surface area contributed by atoms with Crippen LogP contribution in [0.15, 0.2) is 16.9 Å². The van der Waals surface area contributed by atoms with E-state index in [-0.39, 0.29) is 11.8 Å². The van der Waals surface area contributed by atoms with Gasteiger partial charge in [0.15, 0.2) is 5.82 Å². The van der Waals surface area contributed by atoms with Gasteiger partial charge in [0.1, 0.15) is 0 Å². The van der Waals surface area contributed by atoms with Crippen molar-refractivity contribution in [2.24, 2.45) is 5.92 Å². The number of carboxylic acids is 1. The van der Waals surface area contributed by atoms with Gasteiger partial charge in [-0.25, -0.2) is 4.98 Å². The number of carboxylic acid groups (broad SMARTS) is 1. The summed E-state index contributed by atoms with van der Waals surface area (Å²) in [6.45, 7) is 0. The molecular weight excluding hydrogens is 212 g/mol. The van der Waals surface area contributed by atoms with Gasteiger partial charge >= 0.3 is 5.97 Å². The highest BCUT2D eigenvalue weighted by molar-refractivity contribution is 5.74. The minimum atomic E-state index is -0.817. The number of hydrogen-bond acceptors (Lipinski definition) is 5. The van der Waals surface area contributed by atoms with E-state index in [1.54, 1.807) is 12.4 Å². The van der Waals surface area contributed by atoms with Crippen LogP contribution in [-0.4, -0.2) is 31.2 Å². The van der Waals surface area contributed by atoms with Gasteiger partial charge < -0.3 is 14.6 Å². The molecule has 1 fully saturated rings. The minimum absolute atomic E-state index is 0.145. The van der Waals surface area contributed by atoms with Crippen molar-refractivity contribution in [1.82, 2.24) is 20.1 Å². The summed E-state index contributed by atoms with van der Waals surface area (Å²) in [5, 5.41) is 12.5. The van der Waals surface area contributed by atoms with E-state index in [0.29, 0.717) is 24.0 Å². The van der Waals surface area contributed by atoms with Crippen LogP contribution in [0.1, 0.15) is 18.2 Å². The molecule has 1 aliphatic carbocycles. The number of hydrogen-bond donors (Lipinski definition) is 2. The maximum Gasteiger partial charge on any atom is 0.307 e. The van der Waals surface area contributed by atoms with Crippen LogP contribution in [0, 0.1) is 5.92 Å². The predicted octanol–water partition coefficient (Wildman–Crippen LogP) is 0.648. The maximum absolute atomic E-state index is 10.7. The van der Waals surface area contributed by atoms with Crippen molar-refractivity contribution in [2.45, 2.75) is 12.3 Å². The van der Waals surface area contributed by atoms with E-state index >= 15 is 0 Å². The molecule has 0 aromatic carbocycles. The Kier molecular flexibility index (Phi) is 1.79. The molecule has 2 N–H and O–H groups in total. The smallest absolute Gasteiger partial charge is 0.307 e. The number of nitrogens with zero attached hydrogens (tertiary/aromatic N) is 3. The van der Waals surface area contributed by atoms with E-state index in [2.05, 4.69) is 20.1 Å². The number of aromatic amines is 1. The quantitative estimate of drug-likeness (QED) is 0.786. The van der Waals surface area contributed by atoms with Crippen LogP contribution in [0.4, 0.5) is 0 Å². The number of H-pyrrole nitrogens is 1. The van der Waals surface area contributed by atoms with E-state index in [1.165, 1.54) is 0 Å². The second-order valence-corrected chi connectivity index (χ2v) is 3.68. The molecule has 0 saturated heterocycles. The lowest BCUT2D eigenvalue weighted by Crippen LogP contribution is -1.98. The first-order valence-electron chi connectivity index (χ1n) is 4.82. The topological polar surface area (TPSA) is 105 Å². The summed E-state index contributed by atoms with van der Waals surface area (Å²) in [4.78, 5) is 21.6. The van der Waals surface area contributed by atoms with Crippen LogP contribution in [0.25, 0.3) is 11.6 Å². The van der Waals surface area contributed by atoms with Crippen LogP contribution < -0.4 is 0 Å². The van der Waals surface area contributed by atoms with Crippen LogP contribution in [0.5, 0.6) is 0 Å². The molecule has 0 aliphatic heterocycles. The van der Waals surface area contributed by atoms with Crippen molar-refractivity contribution in [3.05, 3.63) is 18.3 Å². The van der Waals surface area contributed by atoms with Crippen LogP contribution in [-0.2, 0) is 4.79 Å². The van der Waals surface area contributed by atoms with Crippen molar-refractivity contribution in [1.29, 1.82) is 0 Å². The van der Waals surface area contributed by atoms with Gasteiger partial charge in [-0.1, -0.05) is 5.16 Å². The molecular formula is C9H8N4O3. The number of imidazole rings is 1. The molecule has 1 saturated carbocycles. The third-order valence-corrected chi connectivity index (χ3v) is 2.58. The van der Waals surface area contributed by atoms with E-state index in [4.69, 9.17) is 9.63 Å². The van der Waals surface area contributed by atoms with Crippen molar-refractivity contribution in [2.75, 3.05) is 0 Å². The van der Waals surface area contributed by atoms with Crippen molar-refractivity contribution >= 4 is 5.97 Å². The molecule has 7 heteroatoms. The summed E-state index contributed by atoms with van der Waals surface area (Å²) >= 11 is 0. The highest BCUT2D eigenvalue weighted by Crippen LogP contribution is 2.46. The molecule has 2 unspecified atom stereocenters. The summed E-state index contributed by atoms with van der Waals surface area (Å²) in [5.74, 6) is -0.0984. The third kappa shape index (κ3) is 1.37. The summed E-state index contributed by atoms with van der Waals surface area (Å²) in [7, 11) is 0. The Morgan fingerprint density at radius 2 is 2.50 bits per heavy atom. The lowest BCUT2D eigenvalue weighted by molar-refractivity contribution is -0.138. The van der Waals surface area contributed by atoms with Gasteiger partial charge in [0.25, 0.3) is 0 Å². The Hall–Kier alpha value is -2.18. The van der Waals surface area contributed by atoms with Gasteiger partial charge in [-0.3, -0.25) is 4.79 Å². The third-order valence-electron chi connectivity index (χ3n) is 2.58. The summed E-state index contributed by atoms with van der Waals surface area (Å²) in [6.07, 6.45) is 3.81. The average molecular weight is 220 g/mol. The molecule has 2 heterocycles. The summed E-state index contributed by atoms with van der Waals surface area (Å²) in [5.41, 5.74) is 0. The van der Waals surface area contributed by atoms with Gasteiger partial charge in [-0.2, -0.15) is 4.98 Å². The minimum Gasteiger partial charge on any atom is -0.481 e. The van der Waals surface area contributed by atoms with Crippen LogP contribution in [0.2, 0.25) is 0 Å². The number of nitrogens with one attached hydrogen (secondary N) is 1. The highest BCUT2D eigenvalue weighted by Gasteiger charge is 2.48. The molecule has 16 heavy (non-hydrogen) atoms. The van der Waals surface area contributed by atoms with E-state index in [9.17, 15) is 4.79 Å². The van der Waals surface area contributed by atoms with Crippen molar-refractivity contribution in [3.63, 3.8) is 0 Å². The maximum atomic E-state index is 10.7. The van der Waals surface area contributed by atoms with E-state index in [1.807, 2.05) is 0 Å². The largest absolute Gasteiger partial charge is 0.481 e. The Labute approximate surface area is 89.5 Å². The zero-order valence-corrected chi connectivity index (χ0v) is 8.12. The van der Waals surface area contributed by atoms with Gasteiger partial charge in [-0.05, 0) is 6.42 Å². The molecule has 1 aliphatic rings. The molecule has 2 aromatic rings. The molecule has 3 rings (SSSR count). The zero-order chi connectivity index (χ0) is 11.1. The average Bonchev–Trinajstić information content (AvgIpc) is 2.72. The number of aromatic nitrogens is 4. The number of rotatable bonds is 3. The van der Waals surface area contributed by atoms with Crippen LogP contribution in [0.3, 0.4) is 0 Å². The molecule has 7 nitrogen and oxygen atoms in total. The first-order chi connectivity index (χ1) is 7.75. The van der Waals surface area contributed by atoms with E-state index < -0.39 is 5.97 Å². The predicted molar refractivity (Wildman–Crippen MR) is 50.4 cm³/mol. The number of carbonyl (C=O) groups is 1. The summed E-state index contributed by atoms with van der Waals surface area (Å²) < 4.78 is 5.01. The molecule has 0 bridgehead atoms. The van der Waals surface area contributed by atoms with Gasteiger partial charge in [0.2, 0.25) is 11.7 Å². The second kappa shape index (κ2) is 3.16. The van der Waals surface area contributed by atoms with Gasteiger partial charge in [0.05, 0.1) is 11.8 Å². The Balaban J connectivity index is 1.82. The lowest BCUT2D eigenvalue weighted by atomic mass is 10.3. The van der Waals surface area contributed by atoms with E-state index in [0.717, 1.165) is 0 Å². The molecule has 0 spiro atoms. The van der Waals surface area contributed by atoms with Crippen molar-refractivity contribution in [3.8, 4) is 11.6 Å².